The molecule has 2 aliphatic heterocycles. The first-order valence-electron chi connectivity index (χ1n) is 11.2. The summed E-state index contributed by atoms with van der Waals surface area (Å²) in [7, 11) is 0. The van der Waals surface area contributed by atoms with Gasteiger partial charge in [0.2, 0.25) is 5.91 Å². The number of nitrogens with zero attached hydrogens (tertiary/aromatic N) is 2. The summed E-state index contributed by atoms with van der Waals surface area (Å²) in [5, 5.41) is 2.94. The maximum atomic E-state index is 13.5. The van der Waals surface area contributed by atoms with Crippen molar-refractivity contribution in [2.45, 2.75) is 38.3 Å². The van der Waals surface area contributed by atoms with E-state index >= 15 is 0 Å². The third-order valence-electron chi connectivity index (χ3n) is 6.06. The zero-order valence-electron chi connectivity index (χ0n) is 17.9. The fourth-order valence-corrected chi connectivity index (χ4v) is 4.42. The molecule has 0 aromatic heterocycles. The second-order valence-corrected chi connectivity index (χ2v) is 8.42. The number of hydrogen-bond acceptors (Lipinski definition) is 3. The van der Waals surface area contributed by atoms with E-state index in [1.165, 1.54) is 0 Å². The number of para-hydroxylation sites is 1. The minimum atomic E-state index is -0.180. The third-order valence-corrected chi connectivity index (χ3v) is 6.06. The number of carbonyl (C=O) groups excluding carboxylic acids is 2. The average molecular weight is 422 g/mol. The van der Waals surface area contributed by atoms with Crippen LogP contribution in [-0.2, 0) is 16.1 Å². The number of anilines is 1. The number of ether oxygens (including phenoxy) is 1. The summed E-state index contributed by atoms with van der Waals surface area (Å²) in [5.74, 6) is -0.0584. The van der Waals surface area contributed by atoms with Crippen molar-refractivity contribution in [2.24, 2.45) is 5.92 Å². The Morgan fingerprint density at radius 1 is 1.00 bits per heavy atom. The molecule has 3 amide bonds. The molecule has 2 saturated heterocycles. The molecular formula is C25H31N3O3. The third kappa shape index (κ3) is 5.85. The van der Waals surface area contributed by atoms with E-state index in [2.05, 4.69) is 17.4 Å². The van der Waals surface area contributed by atoms with Crippen LogP contribution in [0.1, 0.15) is 31.2 Å². The lowest BCUT2D eigenvalue weighted by Crippen LogP contribution is -2.49. The molecule has 6 nitrogen and oxygen atoms in total. The van der Waals surface area contributed by atoms with Gasteiger partial charge in [0.25, 0.3) is 0 Å². The molecule has 2 aromatic rings. The number of nitrogens with one attached hydrogen (secondary N) is 1. The quantitative estimate of drug-likeness (QED) is 0.763. The predicted molar refractivity (Wildman–Crippen MR) is 121 cm³/mol. The van der Waals surface area contributed by atoms with Gasteiger partial charge in [-0.05, 0) is 43.4 Å². The maximum absolute atomic E-state index is 13.5. The van der Waals surface area contributed by atoms with Gasteiger partial charge in [-0.25, -0.2) is 4.79 Å². The molecule has 4 rings (SSSR count). The van der Waals surface area contributed by atoms with Crippen LogP contribution in [0.15, 0.2) is 60.7 Å². The molecule has 2 atom stereocenters. The number of benzene rings is 2. The molecule has 0 aliphatic carbocycles. The van der Waals surface area contributed by atoms with Crippen LogP contribution in [0.5, 0.6) is 0 Å². The summed E-state index contributed by atoms with van der Waals surface area (Å²) >= 11 is 0. The van der Waals surface area contributed by atoms with E-state index in [4.69, 9.17) is 4.74 Å². The van der Waals surface area contributed by atoms with E-state index in [0.717, 1.165) is 43.5 Å². The summed E-state index contributed by atoms with van der Waals surface area (Å²) in [5.41, 5.74) is 1.88. The molecule has 0 saturated carbocycles. The van der Waals surface area contributed by atoms with Gasteiger partial charge in [-0.2, -0.15) is 0 Å². The second kappa shape index (κ2) is 10.4. The molecule has 1 N–H and O–H groups in total. The standard InChI is InChI=1S/C25H31N3O3/c29-24(28(19-23-14-8-16-31-23)17-20-9-3-1-4-10-20)21-11-7-15-27(18-21)25(30)26-22-12-5-2-6-13-22/h1-6,9-10,12-13,21,23H,7-8,11,14-19H2,(H,26,30). The number of likely N-dealkylation sites (tertiary alicyclic amines) is 1. The first kappa shape index (κ1) is 21.4. The highest BCUT2D eigenvalue weighted by molar-refractivity contribution is 5.90. The van der Waals surface area contributed by atoms with E-state index < -0.39 is 0 Å². The van der Waals surface area contributed by atoms with Gasteiger partial charge in [0.15, 0.2) is 0 Å². The van der Waals surface area contributed by atoms with Crippen LogP contribution in [0.4, 0.5) is 10.5 Å². The molecule has 31 heavy (non-hydrogen) atoms. The van der Waals surface area contributed by atoms with Crippen molar-refractivity contribution in [2.75, 3.05) is 31.6 Å². The smallest absolute Gasteiger partial charge is 0.321 e. The van der Waals surface area contributed by atoms with E-state index in [9.17, 15) is 9.59 Å². The fourth-order valence-electron chi connectivity index (χ4n) is 4.42. The van der Waals surface area contributed by atoms with Crippen molar-refractivity contribution in [3.05, 3.63) is 66.2 Å². The SMILES string of the molecule is O=C(Nc1ccccc1)N1CCCC(C(=O)N(Cc2ccccc2)CC2CCCO2)C1. The highest BCUT2D eigenvalue weighted by Gasteiger charge is 2.33. The van der Waals surface area contributed by atoms with Crippen LogP contribution in [0, 0.1) is 5.92 Å². The number of carbonyl (C=O) groups is 2. The van der Waals surface area contributed by atoms with Crippen molar-refractivity contribution in [3.8, 4) is 0 Å². The topological polar surface area (TPSA) is 61.9 Å². The predicted octanol–water partition coefficient (Wildman–Crippen LogP) is 4.14. The largest absolute Gasteiger partial charge is 0.376 e. The van der Waals surface area contributed by atoms with Crippen LogP contribution in [0.25, 0.3) is 0 Å². The molecule has 0 spiro atoms. The molecule has 2 aliphatic rings. The number of hydrogen-bond donors (Lipinski definition) is 1. The van der Waals surface area contributed by atoms with Crippen molar-refractivity contribution >= 4 is 17.6 Å². The molecule has 2 fully saturated rings. The lowest BCUT2D eigenvalue weighted by Gasteiger charge is -2.35. The second-order valence-electron chi connectivity index (χ2n) is 8.42. The maximum Gasteiger partial charge on any atom is 0.321 e. The van der Waals surface area contributed by atoms with E-state index in [0.29, 0.717) is 26.2 Å². The molecule has 0 radical (unpaired) electrons. The Bertz CT molecular complexity index is 853. The van der Waals surface area contributed by atoms with Gasteiger partial charge >= 0.3 is 6.03 Å². The molecule has 0 bridgehead atoms. The molecule has 2 unspecified atom stereocenters. The van der Waals surface area contributed by atoms with Crippen molar-refractivity contribution in [3.63, 3.8) is 0 Å². The van der Waals surface area contributed by atoms with Crippen molar-refractivity contribution < 1.29 is 14.3 Å². The molecule has 6 heteroatoms. The highest BCUT2D eigenvalue weighted by Crippen LogP contribution is 2.23. The summed E-state index contributed by atoms with van der Waals surface area (Å²) in [4.78, 5) is 30.0. The Labute approximate surface area is 184 Å². The average Bonchev–Trinajstić information content (AvgIpc) is 3.33. The van der Waals surface area contributed by atoms with Crippen LogP contribution < -0.4 is 5.32 Å². The summed E-state index contributed by atoms with van der Waals surface area (Å²) in [6.45, 7) is 3.09. The number of urea groups is 1. The Morgan fingerprint density at radius 2 is 1.74 bits per heavy atom. The van der Waals surface area contributed by atoms with Gasteiger partial charge in [0, 0.05) is 38.5 Å². The highest BCUT2D eigenvalue weighted by atomic mass is 16.5. The number of rotatable bonds is 6. The summed E-state index contributed by atoms with van der Waals surface area (Å²) in [6, 6.07) is 19.4. The van der Waals surface area contributed by atoms with Gasteiger partial charge in [0.1, 0.15) is 0 Å². The van der Waals surface area contributed by atoms with Gasteiger partial charge in [0.05, 0.1) is 12.0 Å². The number of amides is 3. The van der Waals surface area contributed by atoms with Gasteiger partial charge < -0.3 is 19.9 Å². The van der Waals surface area contributed by atoms with Crippen LogP contribution in [0.3, 0.4) is 0 Å². The minimum absolute atomic E-state index is 0.105. The fraction of sp³-hybridized carbons (Fsp3) is 0.440. The van der Waals surface area contributed by atoms with Crippen molar-refractivity contribution in [1.29, 1.82) is 0 Å². The normalized spacial score (nSPS) is 21.0. The molecule has 2 aromatic carbocycles. The van der Waals surface area contributed by atoms with Crippen LogP contribution >= 0.6 is 0 Å². The Kier molecular flexibility index (Phi) is 7.20. The van der Waals surface area contributed by atoms with Crippen LogP contribution in [-0.4, -0.2) is 54.1 Å². The minimum Gasteiger partial charge on any atom is -0.376 e. The molecule has 2 heterocycles. The van der Waals surface area contributed by atoms with E-state index in [1.54, 1.807) is 4.90 Å². The Morgan fingerprint density at radius 3 is 2.45 bits per heavy atom. The zero-order valence-corrected chi connectivity index (χ0v) is 17.9. The van der Waals surface area contributed by atoms with Gasteiger partial charge in [-0.15, -0.1) is 0 Å². The summed E-state index contributed by atoms with van der Waals surface area (Å²) < 4.78 is 5.82. The lowest BCUT2D eigenvalue weighted by molar-refractivity contribution is -0.139. The molecule has 164 valence electrons. The van der Waals surface area contributed by atoms with Crippen LogP contribution in [0.2, 0.25) is 0 Å². The van der Waals surface area contributed by atoms with E-state index in [-0.39, 0.29) is 24.0 Å². The first-order chi connectivity index (χ1) is 15.2. The Balaban J connectivity index is 1.41. The zero-order chi connectivity index (χ0) is 21.5. The molecular weight excluding hydrogens is 390 g/mol. The van der Waals surface area contributed by atoms with Gasteiger partial charge in [-0.1, -0.05) is 48.5 Å². The number of piperidine rings is 1. The first-order valence-corrected chi connectivity index (χ1v) is 11.2. The van der Waals surface area contributed by atoms with Gasteiger partial charge in [-0.3, -0.25) is 4.79 Å². The van der Waals surface area contributed by atoms with Crippen molar-refractivity contribution in [1.82, 2.24) is 9.80 Å². The Hall–Kier alpha value is -2.86. The lowest BCUT2D eigenvalue weighted by atomic mass is 9.96. The monoisotopic (exact) mass is 421 g/mol. The van der Waals surface area contributed by atoms with E-state index in [1.807, 2.05) is 53.4 Å². The summed E-state index contributed by atoms with van der Waals surface area (Å²) in [6.07, 6.45) is 3.79.